The first kappa shape index (κ1) is 15.4. The average molecular weight is 323 g/mol. The summed E-state index contributed by atoms with van der Waals surface area (Å²) in [7, 11) is 0. The maximum Gasteiger partial charge on any atom is 0.157 e. The largest absolute Gasteiger partial charge is 0.359 e. The Labute approximate surface area is 136 Å². The summed E-state index contributed by atoms with van der Waals surface area (Å²) in [5, 5.41) is 7.15. The lowest BCUT2D eigenvalue weighted by Crippen LogP contribution is -2.46. The van der Waals surface area contributed by atoms with Crippen molar-refractivity contribution >= 4 is 28.3 Å². The van der Waals surface area contributed by atoms with E-state index in [4.69, 9.17) is 4.99 Å². The van der Waals surface area contributed by atoms with Crippen LogP contribution in [0.3, 0.4) is 0 Å². The molecular formula is C17H26N2S2. The van der Waals surface area contributed by atoms with Crippen molar-refractivity contribution in [2.75, 3.05) is 5.75 Å². The van der Waals surface area contributed by atoms with Crippen LogP contribution in [0.1, 0.15) is 63.3 Å². The number of nitrogens with one attached hydrogen (secondary N) is 1. The third kappa shape index (κ3) is 3.65. The van der Waals surface area contributed by atoms with E-state index < -0.39 is 0 Å². The molecule has 1 saturated heterocycles. The van der Waals surface area contributed by atoms with Crippen LogP contribution in [-0.2, 0) is 0 Å². The van der Waals surface area contributed by atoms with E-state index >= 15 is 0 Å². The summed E-state index contributed by atoms with van der Waals surface area (Å²) in [6.07, 6.45) is 7.70. The van der Waals surface area contributed by atoms with Gasteiger partial charge >= 0.3 is 0 Å². The molecule has 2 aliphatic rings. The molecule has 1 aromatic heterocycles. The number of thiophene rings is 1. The summed E-state index contributed by atoms with van der Waals surface area (Å²) in [4.78, 5) is 6.46. The molecule has 1 saturated carbocycles. The van der Waals surface area contributed by atoms with Crippen LogP contribution in [-0.4, -0.2) is 16.5 Å². The predicted molar refractivity (Wildman–Crippen MR) is 95.4 cm³/mol. The van der Waals surface area contributed by atoms with Crippen molar-refractivity contribution in [3.63, 3.8) is 0 Å². The molecule has 0 aromatic carbocycles. The maximum atomic E-state index is 5.06. The van der Waals surface area contributed by atoms with Gasteiger partial charge in [0.05, 0.1) is 6.04 Å². The molecule has 0 amide bonds. The highest BCUT2D eigenvalue weighted by molar-refractivity contribution is 8.14. The van der Waals surface area contributed by atoms with Crippen molar-refractivity contribution in [2.24, 2.45) is 10.9 Å². The second kappa shape index (κ2) is 6.74. The fourth-order valence-corrected chi connectivity index (χ4v) is 5.39. The van der Waals surface area contributed by atoms with Gasteiger partial charge in [-0.1, -0.05) is 38.1 Å². The van der Waals surface area contributed by atoms with Crippen LogP contribution >= 0.6 is 23.1 Å². The number of rotatable bonds is 4. The molecule has 4 heteroatoms. The van der Waals surface area contributed by atoms with Crippen molar-refractivity contribution in [3.8, 4) is 0 Å². The van der Waals surface area contributed by atoms with Crippen LogP contribution in [0, 0.1) is 5.92 Å². The van der Waals surface area contributed by atoms with Crippen LogP contribution in [0.25, 0.3) is 0 Å². The van der Waals surface area contributed by atoms with Crippen molar-refractivity contribution in [1.82, 2.24) is 5.32 Å². The van der Waals surface area contributed by atoms with Crippen molar-refractivity contribution in [1.29, 1.82) is 0 Å². The highest BCUT2D eigenvalue weighted by atomic mass is 32.2. The van der Waals surface area contributed by atoms with Gasteiger partial charge in [-0.2, -0.15) is 0 Å². The molecule has 1 atom stereocenters. The number of amidine groups is 1. The van der Waals surface area contributed by atoms with E-state index in [9.17, 15) is 0 Å². The van der Waals surface area contributed by atoms with Gasteiger partial charge in [0, 0.05) is 16.2 Å². The Morgan fingerprint density at radius 1 is 1.43 bits per heavy atom. The van der Waals surface area contributed by atoms with E-state index in [1.54, 1.807) is 0 Å². The number of thioether (sulfide) groups is 1. The smallest absolute Gasteiger partial charge is 0.157 e. The molecule has 2 heterocycles. The Morgan fingerprint density at radius 3 is 2.90 bits per heavy atom. The zero-order chi connectivity index (χ0) is 14.7. The molecule has 2 fully saturated rings. The van der Waals surface area contributed by atoms with E-state index in [0.29, 0.717) is 11.6 Å². The summed E-state index contributed by atoms with van der Waals surface area (Å²) in [5.74, 6) is 2.12. The number of hydrogen-bond donors (Lipinski definition) is 1. The Hall–Kier alpha value is -0.480. The molecule has 1 aliphatic carbocycles. The van der Waals surface area contributed by atoms with E-state index in [0.717, 1.165) is 12.3 Å². The van der Waals surface area contributed by atoms with Crippen LogP contribution in [0.2, 0.25) is 0 Å². The minimum Gasteiger partial charge on any atom is -0.359 e. The van der Waals surface area contributed by atoms with E-state index in [1.807, 2.05) is 23.1 Å². The highest BCUT2D eigenvalue weighted by Gasteiger charge is 2.39. The lowest BCUT2D eigenvalue weighted by Gasteiger charge is -2.35. The van der Waals surface area contributed by atoms with Gasteiger partial charge in [0.2, 0.25) is 0 Å². The summed E-state index contributed by atoms with van der Waals surface area (Å²) in [6.45, 7) is 4.64. The van der Waals surface area contributed by atoms with Crippen molar-refractivity contribution in [2.45, 2.75) is 64.0 Å². The quantitative estimate of drug-likeness (QED) is 0.820. The standard InChI is InChI=1S/C17H26N2S2/c1-3-5-14(15-6-4-11-20-15)18-16-19-17(12-21-16)9-7-13(2)8-10-17/h4,6,11,13-14H,3,5,7-10,12H2,1-2H3,(H,18,19). The van der Waals surface area contributed by atoms with E-state index in [1.165, 1.54) is 47.9 Å². The van der Waals surface area contributed by atoms with Gasteiger partial charge in [0.1, 0.15) is 0 Å². The first-order chi connectivity index (χ1) is 10.2. The highest BCUT2D eigenvalue weighted by Crippen LogP contribution is 2.39. The van der Waals surface area contributed by atoms with Gasteiger partial charge in [-0.15, -0.1) is 11.3 Å². The molecule has 3 rings (SSSR count). The van der Waals surface area contributed by atoms with Gasteiger partial charge in [-0.25, -0.2) is 0 Å². The zero-order valence-electron chi connectivity index (χ0n) is 13.1. The monoisotopic (exact) mass is 322 g/mol. The molecule has 1 unspecified atom stereocenters. The van der Waals surface area contributed by atoms with Crippen molar-refractivity contribution in [3.05, 3.63) is 22.4 Å². The molecule has 0 radical (unpaired) electrons. The third-order valence-electron chi connectivity index (χ3n) is 4.80. The Balaban J connectivity index is 1.69. The summed E-state index contributed by atoms with van der Waals surface area (Å²) < 4.78 is 0. The molecule has 1 aliphatic heterocycles. The van der Waals surface area contributed by atoms with Gasteiger partial charge in [-0.05, 0) is 49.5 Å². The van der Waals surface area contributed by atoms with Crippen LogP contribution < -0.4 is 5.32 Å². The lowest BCUT2D eigenvalue weighted by atomic mass is 9.78. The SMILES string of the molecule is CCCC(N=C1NC2(CCC(C)CC2)CS1)c1cccs1. The second-order valence-corrected chi connectivity index (χ2v) is 8.57. The summed E-state index contributed by atoms with van der Waals surface area (Å²) in [6, 6.07) is 4.72. The van der Waals surface area contributed by atoms with Crippen LogP contribution in [0.4, 0.5) is 0 Å². The molecule has 1 N–H and O–H groups in total. The maximum absolute atomic E-state index is 5.06. The predicted octanol–water partition coefficient (Wildman–Crippen LogP) is 5.23. The van der Waals surface area contributed by atoms with Crippen LogP contribution in [0.15, 0.2) is 22.5 Å². The molecule has 21 heavy (non-hydrogen) atoms. The topological polar surface area (TPSA) is 24.4 Å². The minimum atomic E-state index is 0.349. The Kier molecular flexibility index (Phi) is 4.95. The van der Waals surface area contributed by atoms with Crippen molar-refractivity contribution < 1.29 is 0 Å². The number of nitrogens with zero attached hydrogens (tertiary/aromatic N) is 1. The van der Waals surface area contributed by atoms with Gasteiger partial charge < -0.3 is 5.32 Å². The minimum absolute atomic E-state index is 0.349. The summed E-state index contributed by atoms with van der Waals surface area (Å²) >= 11 is 3.78. The fourth-order valence-electron chi connectivity index (χ4n) is 3.33. The molecular weight excluding hydrogens is 296 g/mol. The van der Waals surface area contributed by atoms with Gasteiger partial charge in [0.15, 0.2) is 5.17 Å². The van der Waals surface area contributed by atoms with Gasteiger partial charge in [-0.3, -0.25) is 4.99 Å². The first-order valence-electron chi connectivity index (χ1n) is 8.23. The second-order valence-electron chi connectivity index (χ2n) is 6.63. The number of aliphatic imine (C=N–C) groups is 1. The van der Waals surface area contributed by atoms with E-state index in [-0.39, 0.29) is 0 Å². The number of hydrogen-bond acceptors (Lipinski definition) is 3. The zero-order valence-corrected chi connectivity index (χ0v) is 14.7. The Bertz CT molecular complexity index is 473. The van der Waals surface area contributed by atoms with Gasteiger partial charge in [0.25, 0.3) is 0 Å². The third-order valence-corrected chi connectivity index (χ3v) is 6.95. The summed E-state index contributed by atoms with van der Waals surface area (Å²) in [5.41, 5.74) is 0.349. The molecule has 1 spiro atoms. The first-order valence-corrected chi connectivity index (χ1v) is 10.1. The van der Waals surface area contributed by atoms with Crippen LogP contribution in [0.5, 0.6) is 0 Å². The fraction of sp³-hybridized carbons (Fsp3) is 0.706. The normalized spacial score (nSPS) is 32.5. The molecule has 1 aromatic rings. The average Bonchev–Trinajstić information content (AvgIpc) is 3.13. The molecule has 0 bridgehead atoms. The van der Waals surface area contributed by atoms with E-state index in [2.05, 4.69) is 36.7 Å². The Morgan fingerprint density at radius 2 is 2.24 bits per heavy atom. The molecule has 2 nitrogen and oxygen atoms in total. The molecule has 116 valence electrons. The lowest BCUT2D eigenvalue weighted by molar-refractivity contribution is 0.250.